The molecule has 0 aromatic heterocycles. The zero-order valence-corrected chi connectivity index (χ0v) is 8.73. The number of rotatable bonds is 4. The molecule has 1 aromatic rings. The van der Waals surface area contributed by atoms with Crippen molar-refractivity contribution in [3.8, 4) is 5.75 Å². The first-order chi connectivity index (χ1) is 7.29. The highest BCUT2D eigenvalue weighted by molar-refractivity contribution is 5.79. The zero-order valence-electron chi connectivity index (χ0n) is 8.73. The van der Waals surface area contributed by atoms with Crippen LogP contribution in [0.1, 0.15) is 22.3 Å². The molecule has 1 aliphatic rings. The van der Waals surface area contributed by atoms with Crippen LogP contribution < -0.4 is 4.74 Å². The average molecular weight is 206 g/mol. The second-order valence-electron chi connectivity index (χ2n) is 3.75. The van der Waals surface area contributed by atoms with E-state index in [2.05, 4.69) is 0 Å². The molecule has 1 heterocycles. The molecule has 0 amide bonds. The summed E-state index contributed by atoms with van der Waals surface area (Å²) in [5, 5.41) is 0. The molecule has 0 radical (unpaired) electrons. The molecule has 1 aliphatic heterocycles. The topological polar surface area (TPSA) is 35.5 Å². The molecular weight excluding hydrogens is 192 g/mol. The van der Waals surface area contributed by atoms with Gasteiger partial charge >= 0.3 is 0 Å². The third kappa shape index (κ3) is 2.36. The van der Waals surface area contributed by atoms with Gasteiger partial charge in [-0.05, 0) is 19.1 Å². The Morgan fingerprint density at radius 3 is 3.00 bits per heavy atom. The molecular formula is C12H14O3. The Bertz CT molecular complexity index is 356. The van der Waals surface area contributed by atoms with E-state index in [1.165, 1.54) is 0 Å². The van der Waals surface area contributed by atoms with Gasteiger partial charge in [0.15, 0.2) is 6.29 Å². The number of benzene rings is 1. The van der Waals surface area contributed by atoms with Crippen molar-refractivity contribution in [3.63, 3.8) is 0 Å². The van der Waals surface area contributed by atoms with Crippen LogP contribution in [0.5, 0.6) is 5.75 Å². The molecule has 1 fully saturated rings. The van der Waals surface area contributed by atoms with E-state index in [4.69, 9.17) is 9.47 Å². The number of carbonyl (C=O) groups excluding carboxylic acids is 1. The maximum atomic E-state index is 10.8. The van der Waals surface area contributed by atoms with Gasteiger partial charge in [-0.25, -0.2) is 0 Å². The van der Waals surface area contributed by atoms with Gasteiger partial charge in [-0.15, -0.1) is 0 Å². The van der Waals surface area contributed by atoms with Crippen molar-refractivity contribution in [3.05, 3.63) is 29.3 Å². The third-order valence-corrected chi connectivity index (χ3v) is 2.51. The van der Waals surface area contributed by atoms with Crippen molar-refractivity contribution >= 4 is 6.29 Å². The van der Waals surface area contributed by atoms with Crippen LogP contribution in [-0.4, -0.2) is 25.6 Å². The SMILES string of the molecule is Cc1ccc(OCC2CCO2)c(C=O)c1. The summed E-state index contributed by atoms with van der Waals surface area (Å²) in [4.78, 5) is 10.8. The van der Waals surface area contributed by atoms with Gasteiger partial charge in [-0.2, -0.15) is 0 Å². The molecule has 3 heteroatoms. The molecule has 2 rings (SSSR count). The number of aldehydes is 1. The van der Waals surface area contributed by atoms with Gasteiger partial charge in [-0.1, -0.05) is 11.6 Å². The van der Waals surface area contributed by atoms with Crippen LogP contribution >= 0.6 is 0 Å². The largest absolute Gasteiger partial charge is 0.490 e. The molecule has 3 nitrogen and oxygen atoms in total. The lowest BCUT2D eigenvalue weighted by Crippen LogP contribution is -2.32. The van der Waals surface area contributed by atoms with Crippen molar-refractivity contribution in [2.45, 2.75) is 19.4 Å². The third-order valence-electron chi connectivity index (χ3n) is 2.51. The molecule has 1 atom stereocenters. The van der Waals surface area contributed by atoms with E-state index >= 15 is 0 Å². The van der Waals surface area contributed by atoms with Crippen molar-refractivity contribution in [2.24, 2.45) is 0 Å². The lowest BCUT2D eigenvalue weighted by molar-refractivity contribution is -0.0721. The second kappa shape index (κ2) is 4.45. The summed E-state index contributed by atoms with van der Waals surface area (Å²) < 4.78 is 10.8. The van der Waals surface area contributed by atoms with Crippen molar-refractivity contribution < 1.29 is 14.3 Å². The lowest BCUT2D eigenvalue weighted by atomic mass is 10.1. The molecule has 80 valence electrons. The van der Waals surface area contributed by atoms with Crippen LogP contribution in [-0.2, 0) is 4.74 Å². The van der Waals surface area contributed by atoms with E-state index in [0.29, 0.717) is 17.9 Å². The Balaban J connectivity index is 2.02. The number of hydrogen-bond donors (Lipinski definition) is 0. The van der Waals surface area contributed by atoms with Crippen molar-refractivity contribution in [2.75, 3.05) is 13.2 Å². The summed E-state index contributed by atoms with van der Waals surface area (Å²) in [7, 11) is 0. The average Bonchev–Trinajstić information content (AvgIpc) is 2.17. The van der Waals surface area contributed by atoms with Crippen LogP contribution in [0.2, 0.25) is 0 Å². The predicted molar refractivity (Wildman–Crippen MR) is 56.4 cm³/mol. The summed E-state index contributed by atoms with van der Waals surface area (Å²) in [6, 6.07) is 5.59. The fourth-order valence-corrected chi connectivity index (χ4v) is 1.49. The van der Waals surface area contributed by atoms with Gasteiger partial charge < -0.3 is 9.47 Å². The molecule has 1 aromatic carbocycles. The standard InChI is InChI=1S/C12H14O3/c1-9-2-3-12(10(6-9)7-13)15-8-11-4-5-14-11/h2-3,6-7,11H,4-5,8H2,1H3. The van der Waals surface area contributed by atoms with E-state index in [1.807, 2.05) is 25.1 Å². The highest BCUT2D eigenvalue weighted by atomic mass is 16.5. The maximum absolute atomic E-state index is 10.8. The van der Waals surface area contributed by atoms with E-state index in [0.717, 1.165) is 24.9 Å². The first kappa shape index (κ1) is 10.2. The molecule has 0 aliphatic carbocycles. The summed E-state index contributed by atoms with van der Waals surface area (Å²) in [6.45, 7) is 3.30. The van der Waals surface area contributed by atoms with E-state index in [1.54, 1.807) is 0 Å². The minimum atomic E-state index is 0.200. The zero-order chi connectivity index (χ0) is 10.7. The van der Waals surface area contributed by atoms with Gasteiger partial charge in [0, 0.05) is 13.0 Å². The van der Waals surface area contributed by atoms with E-state index in [-0.39, 0.29) is 6.10 Å². The monoisotopic (exact) mass is 206 g/mol. The van der Waals surface area contributed by atoms with Crippen molar-refractivity contribution in [1.82, 2.24) is 0 Å². The summed E-state index contributed by atoms with van der Waals surface area (Å²) in [5.41, 5.74) is 1.67. The highest BCUT2D eigenvalue weighted by Crippen LogP contribution is 2.20. The molecule has 15 heavy (non-hydrogen) atoms. The summed E-state index contributed by atoms with van der Waals surface area (Å²) in [5.74, 6) is 0.645. The Morgan fingerprint density at radius 2 is 2.40 bits per heavy atom. The number of ether oxygens (including phenoxy) is 2. The smallest absolute Gasteiger partial charge is 0.153 e. The van der Waals surface area contributed by atoms with Crippen LogP contribution in [0.3, 0.4) is 0 Å². The minimum Gasteiger partial charge on any atom is -0.490 e. The quantitative estimate of drug-likeness (QED) is 0.706. The number of aryl methyl sites for hydroxylation is 1. The van der Waals surface area contributed by atoms with E-state index < -0.39 is 0 Å². The normalized spacial score (nSPS) is 19.4. The first-order valence-corrected chi connectivity index (χ1v) is 5.10. The van der Waals surface area contributed by atoms with Gasteiger partial charge in [-0.3, -0.25) is 4.79 Å². The fraction of sp³-hybridized carbons (Fsp3) is 0.417. The van der Waals surface area contributed by atoms with Gasteiger partial charge in [0.1, 0.15) is 12.4 Å². The Morgan fingerprint density at radius 1 is 1.60 bits per heavy atom. The van der Waals surface area contributed by atoms with Crippen LogP contribution in [0.15, 0.2) is 18.2 Å². The van der Waals surface area contributed by atoms with Gasteiger partial charge in [0.05, 0.1) is 11.7 Å². The van der Waals surface area contributed by atoms with Crippen LogP contribution in [0, 0.1) is 6.92 Å². The van der Waals surface area contributed by atoms with Crippen molar-refractivity contribution in [1.29, 1.82) is 0 Å². The Hall–Kier alpha value is -1.35. The van der Waals surface area contributed by atoms with Crippen LogP contribution in [0.25, 0.3) is 0 Å². The highest BCUT2D eigenvalue weighted by Gasteiger charge is 2.19. The fourth-order valence-electron chi connectivity index (χ4n) is 1.49. The molecule has 1 saturated heterocycles. The van der Waals surface area contributed by atoms with Gasteiger partial charge in [0.25, 0.3) is 0 Å². The minimum absolute atomic E-state index is 0.200. The summed E-state index contributed by atoms with van der Waals surface area (Å²) in [6.07, 6.45) is 2.07. The first-order valence-electron chi connectivity index (χ1n) is 5.10. The summed E-state index contributed by atoms with van der Waals surface area (Å²) >= 11 is 0. The van der Waals surface area contributed by atoms with E-state index in [9.17, 15) is 4.79 Å². The Kier molecular flexibility index (Phi) is 3.02. The molecule has 1 unspecified atom stereocenters. The predicted octanol–water partition coefficient (Wildman–Crippen LogP) is 1.98. The lowest BCUT2D eigenvalue weighted by Gasteiger charge is -2.26. The maximum Gasteiger partial charge on any atom is 0.153 e. The molecule has 0 N–H and O–H groups in total. The molecule has 0 saturated carbocycles. The Labute approximate surface area is 89.0 Å². The van der Waals surface area contributed by atoms with Gasteiger partial charge in [0.2, 0.25) is 0 Å². The number of carbonyl (C=O) groups is 1. The van der Waals surface area contributed by atoms with Crippen LogP contribution in [0.4, 0.5) is 0 Å². The molecule has 0 spiro atoms. The molecule has 0 bridgehead atoms. The second-order valence-corrected chi connectivity index (χ2v) is 3.75. The number of hydrogen-bond acceptors (Lipinski definition) is 3.